The fourth-order valence-electron chi connectivity index (χ4n) is 0.834. The topological polar surface area (TPSA) is 75.7 Å². The molecule has 1 rings (SSSR count). The largest absolute Gasteiger partial charge is 0.469 e. The summed E-state index contributed by atoms with van der Waals surface area (Å²) < 4.78 is 4.51. The molecule has 0 aliphatic carbocycles. The molecule has 0 fully saturated rings. The first-order valence-corrected chi connectivity index (χ1v) is 5.30. The number of hydrogen-bond acceptors (Lipinski definition) is 7. The molecule has 78 valence electrons. The Morgan fingerprint density at radius 3 is 2.64 bits per heavy atom. The van der Waals surface area contributed by atoms with Crippen LogP contribution in [0.3, 0.4) is 0 Å². The first-order chi connectivity index (χ1) is 6.66. The molecular weight excluding hydrogens is 204 g/mol. The van der Waals surface area contributed by atoms with E-state index in [1.54, 1.807) is 11.8 Å². The lowest BCUT2D eigenvalue weighted by Crippen LogP contribution is -2.19. The van der Waals surface area contributed by atoms with Gasteiger partial charge >= 0.3 is 5.97 Å². The summed E-state index contributed by atoms with van der Waals surface area (Å²) in [5, 5.41) is 14.6. The third kappa shape index (κ3) is 3.41. The van der Waals surface area contributed by atoms with Crippen LogP contribution in [0.25, 0.3) is 0 Å². The van der Waals surface area contributed by atoms with Crippen molar-refractivity contribution in [2.45, 2.75) is 19.0 Å². The Hall–Kier alpha value is -0.980. The lowest BCUT2D eigenvalue weighted by atomic mass is 10.3. The minimum absolute atomic E-state index is 0.197. The van der Waals surface area contributed by atoms with Gasteiger partial charge in [-0.2, -0.15) is 11.8 Å². The van der Waals surface area contributed by atoms with Crippen molar-refractivity contribution >= 4 is 17.7 Å². The Balaban J connectivity index is 2.13. The van der Waals surface area contributed by atoms with Gasteiger partial charge in [0.15, 0.2) is 0 Å². The molecule has 0 atom stereocenters. The van der Waals surface area contributed by atoms with Crippen molar-refractivity contribution in [3.05, 3.63) is 0 Å². The summed E-state index contributed by atoms with van der Waals surface area (Å²) in [6, 6.07) is 0. The van der Waals surface area contributed by atoms with E-state index in [-0.39, 0.29) is 5.97 Å². The maximum absolute atomic E-state index is 10.8. The van der Waals surface area contributed by atoms with Crippen molar-refractivity contribution in [2.75, 3.05) is 18.6 Å². The van der Waals surface area contributed by atoms with Crippen LogP contribution in [0, 0.1) is 0 Å². The average molecular weight is 216 g/mol. The van der Waals surface area contributed by atoms with Crippen LogP contribution in [-0.4, -0.2) is 30.2 Å². The highest BCUT2D eigenvalue weighted by Crippen LogP contribution is 2.24. The molecule has 0 saturated carbocycles. The molecule has 0 aromatic rings. The van der Waals surface area contributed by atoms with E-state index >= 15 is 0 Å². The zero-order chi connectivity index (χ0) is 10.4. The van der Waals surface area contributed by atoms with Gasteiger partial charge in [-0.1, -0.05) is 0 Å². The van der Waals surface area contributed by atoms with E-state index < -0.39 is 5.66 Å². The van der Waals surface area contributed by atoms with Crippen molar-refractivity contribution in [3.63, 3.8) is 0 Å². The highest BCUT2D eigenvalue weighted by molar-refractivity contribution is 7.99. The first-order valence-electron chi connectivity index (χ1n) is 4.15. The second kappa shape index (κ2) is 5.04. The summed E-state index contributed by atoms with van der Waals surface area (Å²) in [5.41, 5.74) is -0.541. The van der Waals surface area contributed by atoms with Crippen LogP contribution < -0.4 is 0 Å². The molecule has 0 saturated heterocycles. The van der Waals surface area contributed by atoms with Gasteiger partial charge in [0.05, 0.1) is 13.5 Å². The van der Waals surface area contributed by atoms with Gasteiger partial charge in [-0.25, -0.2) is 0 Å². The second-order valence-electron chi connectivity index (χ2n) is 2.97. The molecule has 0 aromatic carbocycles. The van der Waals surface area contributed by atoms with Crippen molar-refractivity contribution in [3.8, 4) is 0 Å². The second-order valence-corrected chi connectivity index (χ2v) is 4.08. The molecule has 0 radical (unpaired) electrons. The van der Waals surface area contributed by atoms with Crippen molar-refractivity contribution in [2.24, 2.45) is 20.7 Å². The summed E-state index contributed by atoms with van der Waals surface area (Å²) in [7, 11) is 1.38. The number of ether oxygens (including phenoxy) is 1. The van der Waals surface area contributed by atoms with Crippen LogP contribution >= 0.6 is 11.8 Å². The summed E-state index contributed by atoms with van der Waals surface area (Å²) in [6.45, 7) is 1.85. The summed E-state index contributed by atoms with van der Waals surface area (Å²) in [6.07, 6.45) is 0.408. The standard InChI is InChI=1S/C7H12N4O2S/c1-7(8-10-11-9-7)5-14-4-3-6(12)13-2/h3-5H2,1-2H3. The Kier molecular flexibility index (Phi) is 3.99. The van der Waals surface area contributed by atoms with Gasteiger partial charge in [-0.15, -0.1) is 10.2 Å². The summed E-state index contributed by atoms with van der Waals surface area (Å²) in [5.74, 6) is 1.18. The normalized spacial score (nSPS) is 17.3. The first kappa shape index (κ1) is 11.1. The van der Waals surface area contributed by atoms with E-state index in [2.05, 4.69) is 25.4 Å². The third-order valence-electron chi connectivity index (χ3n) is 1.61. The van der Waals surface area contributed by atoms with Crippen LogP contribution in [0.1, 0.15) is 13.3 Å². The highest BCUT2D eigenvalue weighted by Gasteiger charge is 2.26. The lowest BCUT2D eigenvalue weighted by Gasteiger charge is -2.11. The fraction of sp³-hybridized carbons (Fsp3) is 0.857. The van der Waals surface area contributed by atoms with Gasteiger partial charge < -0.3 is 4.74 Å². The molecule has 0 N–H and O–H groups in total. The minimum atomic E-state index is -0.541. The van der Waals surface area contributed by atoms with Gasteiger partial charge in [0.2, 0.25) is 5.66 Å². The Morgan fingerprint density at radius 1 is 1.43 bits per heavy atom. The average Bonchev–Trinajstić information content (AvgIpc) is 2.60. The zero-order valence-corrected chi connectivity index (χ0v) is 8.95. The number of esters is 1. The van der Waals surface area contributed by atoms with Crippen molar-refractivity contribution in [1.82, 2.24) is 0 Å². The van der Waals surface area contributed by atoms with Gasteiger partial charge in [0.25, 0.3) is 0 Å². The number of thioether (sulfide) groups is 1. The van der Waals surface area contributed by atoms with E-state index in [1.165, 1.54) is 7.11 Å². The molecule has 6 nitrogen and oxygen atoms in total. The molecule has 1 heterocycles. The molecule has 0 spiro atoms. The van der Waals surface area contributed by atoms with E-state index in [0.717, 1.165) is 0 Å². The van der Waals surface area contributed by atoms with Crippen LogP contribution in [0.5, 0.6) is 0 Å². The number of rotatable bonds is 5. The van der Waals surface area contributed by atoms with Gasteiger partial charge in [-0.05, 0) is 17.4 Å². The molecular formula is C7H12N4O2S. The fourth-order valence-corrected chi connectivity index (χ4v) is 1.79. The number of carbonyl (C=O) groups excluding carboxylic acids is 1. The van der Waals surface area contributed by atoms with Gasteiger partial charge in [0.1, 0.15) is 0 Å². The highest BCUT2D eigenvalue weighted by atomic mass is 32.2. The van der Waals surface area contributed by atoms with Crippen molar-refractivity contribution in [1.29, 1.82) is 0 Å². The lowest BCUT2D eigenvalue weighted by molar-refractivity contribution is -0.140. The number of nitrogens with zero attached hydrogens (tertiary/aromatic N) is 4. The molecule has 0 unspecified atom stereocenters. The maximum Gasteiger partial charge on any atom is 0.306 e. The van der Waals surface area contributed by atoms with Gasteiger partial charge in [0, 0.05) is 11.5 Å². The minimum Gasteiger partial charge on any atom is -0.469 e. The maximum atomic E-state index is 10.8. The van der Waals surface area contributed by atoms with E-state index in [1.807, 2.05) is 6.92 Å². The van der Waals surface area contributed by atoms with Crippen LogP contribution in [0.4, 0.5) is 0 Å². The molecule has 14 heavy (non-hydrogen) atoms. The predicted octanol–water partition coefficient (Wildman–Crippen LogP) is 1.83. The molecule has 1 aliphatic heterocycles. The Morgan fingerprint density at radius 2 is 2.07 bits per heavy atom. The van der Waals surface area contributed by atoms with Crippen LogP contribution in [-0.2, 0) is 9.53 Å². The van der Waals surface area contributed by atoms with Crippen molar-refractivity contribution < 1.29 is 9.53 Å². The monoisotopic (exact) mass is 216 g/mol. The van der Waals surface area contributed by atoms with E-state index in [4.69, 9.17) is 0 Å². The summed E-state index contributed by atoms with van der Waals surface area (Å²) in [4.78, 5) is 10.8. The van der Waals surface area contributed by atoms with E-state index in [9.17, 15) is 4.79 Å². The SMILES string of the molecule is COC(=O)CCSCC1(C)N=NN=N1. The number of carbonyl (C=O) groups is 1. The quantitative estimate of drug-likeness (QED) is 0.519. The smallest absolute Gasteiger partial charge is 0.306 e. The number of hydrogen-bond donors (Lipinski definition) is 0. The third-order valence-corrected chi connectivity index (χ3v) is 2.86. The van der Waals surface area contributed by atoms with Crippen LogP contribution in [0.2, 0.25) is 0 Å². The Labute approximate surface area is 86.2 Å². The molecule has 0 bridgehead atoms. The van der Waals surface area contributed by atoms with E-state index in [0.29, 0.717) is 17.9 Å². The van der Waals surface area contributed by atoms with Crippen LogP contribution in [0.15, 0.2) is 20.7 Å². The molecule has 0 amide bonds. The molecule has 1 aliphatic rings. The zero-order valence-electron chi connectivity index (χ0n) is 8.13. The molecule has 0 aromatic heterocycles. The number of methoxy groups -OCH3 is 1. The molecule has 7 heteroatoms. The Bertz CT molecular complexity index is 254. The summed E-state index contributed by atoms with van der Waals surface area (Å²) >= 11 is 1.58. The van der Waals surface area contributed by atoms with Gasteiger partial charge in [-0.3, -0.25) is 4.79 Å². The predicted molar refractivity (Wildman–Crippen MR) is 52.1 cm³/mol.